The molecular weight excluding hydrogens is 502 g/mol. The number of hydrogen-bond acceptors (Lipinski definition) is 4. The summed E-state index contributed by atoms with van der Waals surface area (Å²) in [6.45, 7) is 6.98. The first-order valence-corrected chi connectivity index (χ1v) is 13.9. The van der Waals surface area contributed by atoms with Gasteiger partial charge in [0.15, 0.2) is 0 Å². The second kappa shape index (κ2) is 13.2. The molecule has 1 N–H and O–H groups in total. The van der Waals surface area contributed by atoms with Crippen molar-refractivity contribution in [2.45, 2.75) is 52.6 Å². The van der Waals surface area contributed by atoms with E-state index in [4.69, 9.17) is 0 Å². The van der Waals surface area contributed by atoms with Crippen molar-refractivity contribution < 1.29 is 19.2 Å². The Morgan fingerprint density at radius 2 is 1.45 bits per heavy atom. The van der Waals surface area contributed by atoms with Gasteiger partial charge in [-0.1, -0.05) is 80.6 Å². The van der Waals surface area contributed by atoms with Gasteiger partial charge in [-0.15, -0.1) is 0 Å². The van der Waals surface area contributed by atoms with Crippen LogP contribution in [0.5, 0.6) is 0 Å². The van der Waals surface area contributed by atoms with E-state index >= 15 is 0 Å². The zero-order valence-electron chi connectivity index (χ0n) is 23.4. The maximum absolute atomic E-state index is 13.8. The average Bonchev–Trinajstić information content (AvgIpc) is 3.20. The van der Waals surface area contributed by atoms with Crippen molar-refractivity contribution in [2.75, 3.05) is 13.1 Å². The van der Waals surface area contributed by atoms with Crippen molar-refractivity contribution in [2.24, 2.45) is 5.92 Å². The van der Waals surface area contributed by atoms with E-state index in [0.717, 1.165) is 16.7 Å². The summed E-state index contributed by atoms with van der Waals surface area (Å²) in [7, 11) is 0. The predicted molar refractivity (Wildman–Crippen MR) is 155 cm³/mol. The molecule has 0 aliphatic carbocycles. The standard InChI is InChI=1S/C33H37N3O4/c1-23(2)21-34-31(38)29(20-25-13-5-4-6-14-25)36(22-26-15-8-7-12-24(26)3)30(37)18-11-19-35-32(39)27-16-9-10-17-28(27)33(35)40/h4-10,12-17,23,29H,11,18-22H2,1-3H3,(H,34,38). The lowest BCUT2D eigenvalue weighted by Crippen LogP contribution is -2.51. The third kappa shape index (κ3) is 6.84. The van der Waals surface area contributed by atoms with E-state index in [1.807, 2.05) is 75.4 Å². The van der Waals surface area contributed by atoms with Crippen LogP contribution in [0.15, 0.2) is 78.9 Å². The number of imide groups is 1. The zero-order chi connectivity index (χ0) is 28.6. The highest BCUT2D eigenvalue weighted by Gasteiger charge is 2.35. The highest BCUT2D eigenvalue weighted by Crippen LogP contribution is 2.23. The van der Waals surface area contributed by atoms with Crippen LogP contribution in [0.3, 0.4) is 0 Å². The molecule has 1 heterocycles. The average molecular weight is 540 g/mol. The van der Waals surface area contributed by atoms with Crippen LogP contribution in [0.25, 0.3) is 0 Å². The van der Waals surface area contributed by atoms with Gasteiger partial charge in [-0.2, -0.15) is 0 Å². The van der Waals surface area contributed by atoms with Gasteiger partial charge in [-0.3, -0.25) is 24.1 Å². The fourth-order valence-electron chi connectivity index (χ4n) is 4.92. The van der Waals surface area contributed by atoms with Gasteiger partial charge in [-0.05, 0) is 48.1 Å². The fourth-order valence-corrected chi connectivity index (χ4v) is 4.92. The number of benzene rings is 3. The molecule has 7 heteroatoms. The summed E-state index contributed by atoms with van der Waals surface area (Å²) in [4.78, 5) is 55.8. The van der Waals surface area contributed by atoms with Gasteiger partial charge in [0, 0.05) is 32.5 Å². The molecule has 1 aliphatic rings. The Morgan fingerprint density at radius 3 is 2.08 bits per heavy atom. The molecule has 1 atom stereocenters. The molecular formula is C33H37N3O4. The minimum atomic E-state index is -0.715. The van der Waals surface area contributed by atoms with E-state index in [9.17, 15) is 19.2 Å². The SMILES string of the molecule is Cc1ccccc1CN(C(=O)CCCN1C(=O)c2ccccc2C1=O)C(Cc1ccccc1)C(=O)NCC(C)C. The number of hydrogen-bond donors (Lipinski definition) is 1. The van der Waals surface area contributed by atoms with Crippen molar-refractivity contribution in [3.63, 3.8) is 0 Å². The van der Waals surface area contributed by atoms with E-state index in [2.05, 4.69) is 5.32 Å². The van der Waals surface area contributed by atoms with Gasteiger partial charge < -0.3 is 10.2 Å². The van der Waals surface area contributed by atoms with E-state index in [1.165, 1.54) is 4.90 Å². The Balaban J connectivity index is 1.55. The molecule has 0 fully saturated rings. The molecule has 0 aromatic heterocycles. The maximum Gasteiger partial charge on any atom is 0.261 e. The van der Waals surface area contributed by atoms with E-state index in [-0.39, 0.29) is 49.1 Å². The van der Waals surface area contributed by atoms with Crippen molar-refractivity contribution in [1.29, 1.82) is 0 Å². The van der Waals surface area contributed by atoms with Gasteiger partial charge >= 0.3 is 0 Å². The van der Waals surface area contributed by atoms with Gasteiger partial charge in [0.25, 0.3) is 11.8 Å². The third-order valence-corrected chi connectivity index (χ3v) is 7.21. The van der Waals surface area contributed by atoms with Crippen molar-refractivity contribution in [3.05, 3.63) is 107 Å². The Hall–Kier alpha value is -4.26. The molecule has 4 rings (SSSR count). The Labute approximate surface area is 236 Å². The van der Waals surface area contributed by atoms with Crippen LogP contribution < -0.4 is 5.32 Å². The topological polar surface area (TPSA) is 86.8 Å². The lowest BCUT2D eigenvalue weighted by Gasteiger charge is -2.32. The molecule has 3 aromatic rings. The highest BCUT2D eigenvalue weighted by atomic mass is 16.2. The van der Waals surface area contributed by atoms with Crippen LogP contribution in [-0.4, -0.2) is 52.6 Å². The first-order chi connectivity index (χ1) is 19.3. The van der Waals surface area contributed by atoms with E-state index in [0.29, 0.717) is 30.5 Å². The molecule has 1 unspecified atom stereocenters. The maximum atomic E-state index is 13.8. The molecule has 40 heavy (non-hydrogen) atoms. The smallest absolute Gasteiger partial charge is 0.261 e. The lowest BCUT2D eigenvalue weighted by atomic mass is 10.0. The van der Waals surface area contributed by atoms with Crippen LogP contribution >= 0.6 is 0 Å². The number of aryl methyl sites for hydroxylation is 1. The molecule has 7 nitrogen and oxygen atoms in total. The molecule has 1 aliphatic heterocycles. The second-order valence-corrected chi connectivity index (χ2v) is 10.7. The molecule has 4 amide bonds. The zero-order valence-corrected chi connectivity index (χ0v) is 23.4. The van der Waals surface area contributed by atoms with Crippen LogP contribution in [0.2, 0.25) is 0 Å². The molecule has 0 saturated carbocycles. The largest absolute Gasteiger partial charge is 0.354 e. The second-order valence-electron chi connectivity index (χ2n) is 10.7. The summed E-state index contributed by atoms with van der Waals surface area (Å²) < 4.78 is 0. The fraction of sp³-hybridized carbons (Fsp3) is 0.333. The first kappa shape index (κ1) is 28.7. The lowest BCUT2D eigenvalue weighted by molar-refractivity contribution is -0.141. The summed E-state index contributed by atoms with van der Waals surface area (Å²) >= 11 is 0. The summed E-state index contributed by atoms with van der Waals surface area (Å²) in [6, 6.07) is 23.6. The summed E-state index contributed by atoms with van der Waals surface area (Å²) in [5.74, 6) is -0.790. The Bertz CT molecular complexity index is 1330. The minimum absolute atomic E-state index is 0.0992. The first-order valence-electron chi connectivity index (χ1n) is 13.9. The van der Waals surface area contributed by atoms with Gasteiger partial charge in [0.2, 0.25) is 11.8 Å². The molecule has 3 aromatic carbocycles. The number of rotatable bonds is 12. The molecule has 0 bridgehead atoms. The van der Waals surface area contributed by atoms with Crippen LogP contribution in [0.1, 0.15) is 64.1 Å². The number of carbonyl (C=O) groups is 4. The van der Waals surface area contributed by atoms with E-state index in [1.54, 1.807) is 29.2 Å². The third-order valence-electron chi connectivity index (χ3n) is 7.21. The van der Waals surface area contributed by atoms with Crippen LogP contribution in [0, 0.1) is 12.8 Å². The number of amides is 4. The molecule has 0 radical (unpaired) electrons. The summed E-state index contributed by atoms with van der Waals surface area (Å²) in [6.07, 6.45) is 0.781. The van der Waals surface area contributed by atoms with Crippen molar-refractivity contribution >= 4 is 23.6 Å². The number of nitrogens with zero attached hydrogens (tertiary/aromatic N) is 2. The highest BCUT2D eigenvalue weighted by molar-refractivity contribution is 6.21. The van der Waals surface area contributed by atoms with Crippen molar-refractivity contribution in [1.82, 2.24) is 15.1 Å². The summed E-state index contributed by atoms with van der Waals surface area (Å²) in [5, 5.41) is 3.03. The van der Waals surface area contributed by atoms with Crippen LogP contribution in [-0.2, 0) is 22.6 Å². The number of carbonyl (C=O) groups excluding carboxylic acids is 4. The Morgan fingerprint density at radius 1 is 0.850 bits per heavy atom. The molecule has 208 valence electrons. The monoisotopic (exact) mass is 539 g/mol. The molecule has 0 saturated heterocycles. The van der Waals surface area contributed by atoms with Crippen LogP contribution in [0.4, 0.5) is 0 Å². The number of nitrogens with one attached hydrogen (secondary N) is 1. The van der Waals surface area contributed by atoms with E-state index < -0.39 is 6.04 Å². The van der Waals surface area contributed by atoms with Gasteiger partial charge in [0.1, 0.15) is 6.04 Å². The van der Waals surface area contributed by atoms with Gasteiger partial charge in [0.05, 0.1) is 11.1 Å². The minimum Gasteiger partial charge on any atom is -0.354 e. The van der Waals surface area contributed by atoms with Crippen molar-refractivity contribution in [3.8, 4) is 0 Å². The quantitative estimate of drug-likeness (QED) is 0.336. The summed E-state index contributed by atoms with van der Waals surface area (Å²) in [5.41, 5.74) is 3.74. The predicted octanol–water partition coefficient (Wildman–Crippen LogP) is 4.78. The van der Waals surface area contributed by atoms with Gasteiger partial charge in [-0.25, -0.2) is 0 Å². The number of fused-ring (bicyclic) bond motifs is 1. The Kier molecular flexibility index (Phi) is 9.48. The normalized spacial score (nSPS) is 13.3. The molecule has 0 spiro atoms.